The second kappa shape index (κ2) is 9.42. The van der Waals surface area contributed by atoms with Crippen molar-refractivity contribution in [2.24, 2.45) is 0 Å². The summed E-state index contributed by atoms with van der Waals surface area (Å²) in [4.78, 5) is 19.6. The molecule has 0 fully saturated rings. The van der Waals surface area contributed by atoms with E-state index >= 15 is 0 Å². The molecule has 3 rings (SSSR count). The van der Waals surface area contributed by atoms with Crippen LogP contribution in [0, 0.1) is 6.92 Å². The lowest BCUT2D eigenvalue weighted by Crippen LogP contribution is -2.20. The minimum absolute atomic E-state index is 0.0498. The van der Waals surface area contributed by atoms with E-state index in [1.165, 1.54) is 62.8 Å². The van der Waals surface area contributed by atoms with Gasteiger partial charge in [-0.2, -0.15) is 0 Å². The van der Waals surface area contributed by atoms with E-state index in [9.17, 15) is 21.6 Å². The minimum Gasteiger partial charge on any atom is -0.496 e. The van der Waals surface area contributed by atoms with E-state index < -0.39 is 26.0 Å². The standard InChI is InChI=1S/C20H21N5O6S2/c1-13-10-11-22-20(23-13)25-32(27,28)15-6-4-14(5-7-15)24-33(29,30)16-8-9-18(31-3)17(12-16)19(26)21-2/h4-12,24H,1-3H3,(H,21,26)(H,22,23,25). The molecule has 0 spiro atoms. The first-order valence-corrected chi connectivity index (χ1v) is 12.4. The number of nitrogens with zero attached hydrogens (tertiary/aromatic N) is 2. The van der Waals surface area contributed by atoms with Gasteiger partial charge in [-0.1, -0.05) is 0 Å². The first kappa shape index (κ1) is 23.9. The van der Waals surface area contributed by atoms with Gasteiger partial charge >= 0.3 is 0 Å². The van der Waals surface area contributed by atoms with Crippen molar-refractivity contribution in [3.8, 4) is 5.75 Å². The molecular formula is C20H21N5O6S2. The van der Waals surface area contributed by atoms with Gasteiger partial charge in [0.1, 0.15) is 5.75 Å². The second-order valence-electron chi connectivity index (χ2n) is 6.70. The molecule has 1 aromatic heterocycles. The molecule has 0 aliphatic rings. The van der Waals surface area contributed by atoms with Crippen molar-refractivity contribution in [2.45, 2.75) is 16.7 Å². The first-order chi connectivity index (χ1) is 15.6. The lowest BCUT2D eigenvalue weighted by molar-refractivity contribution is 0.0960. The van der Waals surface area contributed by atoms with E-state index in [-0.39, 0.29) is 32.7 Å². The van der Waals surface area contributed by atoms with Gasteiger partial charge in [-0.05, 0) is 55.5 Å². The number of ether oxygens (including phenoxy) is 1. The quantitative estimate of drug-likeness (QED) is 0.430. The summed E-state index contributed by atoms with van der Waals surface area (Å²) in [6.45, 7) is 1.70. The van der Waals surface area contributed by atoms with Crippen LogP contribution in [0.25, 0.3) is 0 Å². The summed E-state index contributed by atoms with van der Waals surface area (Å²) in [6, 6.07) is 10.5. The maximum atomic E-state index is 12.8. The van der Waals surface area contributed by atoms with Crippen molar-refractivity contribution in [1.29, 1.82) is 0 Å². The molecule has 0 saturated heterocycles. The molecule has 11 nitrogen and oxygen atoms in total. The van der Waals surface area contributed by atoms with E-state index in [0.29, 0.717) is 5.69 Å². The summed E-state index contributed by atoms with van der Waals surface area (Å²) in [5.41, 5.74) is 0.761. The maximum Gasteiger partial charge on any atom is 0.264 e. The predicted octanol–water partition coefficient (Wildman–Crippen LogP) is 1.75. The smallest absolute Gasteiger partial charge is 0.264 e. The zero-order valence-corrected chi connectivity index (χ0v) is 19.5. The van der Waals surface area contributed by atoms with Gasteiger partial charge < -0.3 is 10.1 Å². The van der Waals surface area contributed by atoms with Gasteiger partial charge in [0, 0.05) is 24.6 Å². The molecule has 0 atom stereocenters. The Kier molecular flexibility index (Phi) is 6.84. The number of benzene rings is 2. The van der Waals surface area contributed by atoms with Gasteiger partial charge in [-0.3, -0.25) is 9.52 Å². The van der Waals surface area contributed by atoms with Crippen molar-refractivity contribution in [3.05, 3.63) is 66.0 Å². The molecule has 33 heavy (non-hydrogen) atoms. The number of carbonyl (C=O) groups excluding carboxylic acids is 1. The zero-order valence-electron chi connectivity index (χ0n) is 17.9. The van der Waals surface area contributed by atoms with Crippen molar-refractivity contribution < 1.29 is 26.4 Å². The van der Waals surface area contributed by atoms with Crippen molar-refractivity contribution in [2.75, 3.05) is 23.6 Å². The fourth-order valence-corrected chi connectivity index (χ4v) is 4.80. The number of aryl methyl sites for hydroxylation is 1. The molecule has 13 heteroatoms. The molecule has 3 N–H and O–H groups in total. The number of nitrogens with one attached hydrogen (secondary N) is 3. The van der Waals surface area contributed by atoms with Crippen LogP contribution in [0.1, 0.15) is 16.1 Å². The average molecular weight is 492 g/mol. The van der Waals surface area contributed by atoms with Crippen LogP contribution in [0.5, 0.6) is 5.75 Å². The Morgan fingerprint density at radius 2 is 1.55 bits per heavy atom. The largest absolute Gasteiger partial charge is 0.496 e. The van der Waals surface area contributed by atoms with E-state index in [4.69, 9.17) is 4.74 Å². The molecule has 0 aliphatic carbocycles. The van der Waals surface area contributed by atoms with Crippen LogP contribution < -0.4 is 19.5 Å². The van der Waals surface area contributed by atoms with Gasteiger partial charge in [0.05, 0.1) is 22.5 Å². The van der Waals surface area contributed by atoms with Gasteiger partial charge in [0.15, 0.2) is 0 Å². The summed E-state index contributed by atoms with van der Waals surface area (Å²) in [7, 11) is -5.28. The molecular weight excluding hydrogens is 470 g/mol. The molecule has 0 bridgehead atoms. The predicted molar refractivity (Wildman–Crippen MR) is 121 cm³/mol. The van der Waals surface area contributed by atoms with Gasteiger partial charge in [0.25, 0.3) is 26.0 Å². The third-order valence-corrected chi connectivity index (χ3v) is 7.11. The lowest BCUT2D eigenvalue weighted by atomic mass is 10.2. The van der Waals surface area contributed by atoms with E-state index in [1.807, 2.05) is 0 Å². The highest BCUT2D eigenvalue weighted by Crippen LogP contribution is 2.25. The summed E-state index contributed by atoms with van der Waals surface area (Å²) in [5, 5.41) is 2.42. The average Bonchev–Trinajstić information content (AvgIpc) is 2.78. The van der Waals surface area contributed by atoms with Crippen LogP contribution in [-0.2, 0) is 20.0 Å². The van der Waals surface area contributed by atoms with E-state index in [2.05, 4.69) is 24.7 Å². The molecule has 0 aliphatic heterocycles. The third-order valence-electron chi connectivity index (χ3n) is 4.39. The van der Waals surface area contributed by atoms with Crippen LogP contribution in [-0.4, -0.2) is 46.9 Å². The van der Waals surface area contributed by atoms with E-state index in [1.54, 1.807) is 13.0 Å². The molecule has 0 unspecified atom stereocenters. The summed E-state index contributed by atoms with van der Waals surface area (Å²) in [5.74, 6) is -0.372. The fourth-order valence-electron chi connectivity index (χ4n) is 2.76. The number of sulfonamides is 2. The first-order valence-electron chi connectivity index (χ1n) is 9.41. The van der Waals surface area contributed by atoms with Crippen LogP contribution in [0.3, 0.4) is 0 Å². The Labute approximate surface area is 191 Å². The fraction of sp³-hybridized carbons (Fsp3) is 0.150. The molecule has 3 aromatic rings. The second-order valence-corrected chi connectivity index (χ2v) is 10.1. The molecule has 2 aromatic carbocycles. The third kappa shape index (κ3) is 5.56. The number of carbonyl (C=O) groups is 1. The molecule has 1 heterocycles. The summed E-state index contributed by atoms with van der Waals surface area (Å²) in [6.07, 6.45) is 1.42. The van der Waals surface area contributed by atoms with Crippen LogP contribution in [0.15, 0.2) is 64.5 Å². The molecule has 0 radical (unpaired) electrons. The van der Waals surface area contributed by atoms with Gasteiger partial charge in [0.2, 0.25) is 5.95 Å². The van der Waals surface area contributed by atoms with Crippen LogP contribution >= 0.6 is 0 Å². The lowest BCUT2D eigenvalue weighted by Gasteiger charge is -2.12. The summed E-state index contributed by atoms with van der Waals surface area (Å²) >= 11 is 0. The normalized spacial score (nSPS) is 11.5. The van der Waals surface area contributed by atoms with Crippen molar-refractivity contribution in [1.82, 2.24) is 15.3 Å². The number of anilines is 2. The number of hydrogen-bond acceptors (Lipinski definition) is 8. The van der Waals surface area contributed by atoms with Crippen molar-refractivity contribution >= 4 is 37.6 Å². The molecule has 174 valence electrons. The highest BCUT2D eigenvalue weighted by atomic mass is 32.2. The maximum absolute atomic E-state index is 12.8. The number of hydrogen-bond donors (Lipinski definition) is 3. The monoisotopic (exact) mass is 491 g/mol. The summed E-state index contributed by atoms with van der Waals surface area (Å²) < 4.78 is 60.4. The highest BCUT2D eigenvalue weighted by Gasteiger charge is 2.21. The Balaban J connectivity index is 1.82. The van der Waals surface area contributed by atoms with Gasteiger partial charge in [-0.25, -0.2) is 31.5 Å². The Bertz CT molecular complexity index is 1390. The molecule has 1 amide bonds. The Morgan fingerprint density at radius 1 is 0.909 bits per heavy atom. The SMILES string of the molecule is CNC(=O)c1cc(S(=O)(=O)Nc2ccc(S(=O)(=O)Nc3nccc(C)n3)cc2)ccc1OC. The van der Waals surface area contributed by atoms with Gasteiger partial charge in [-0.15, -0.1) is 0 Å². The zero-order chi connectivity index (χ0) is 24.2. The number of rotatable bonds is 8. The Morgan fingerprint density at radius 3 is 2.15 bits per heavy atom. The number of amides is 1. The molecule has 0 saturated carbocycles. The van der Waals surface area contributed by atoms with Crippen molar-refractivity contribution in [3.63, 3.8) is 0 Å². The van der Waals surface area contributed by atoms with E-state index in [0.717, 1.165) is 0 Å². The number of methoxy groups -OCH3 is 1. The topological polar surface area (TPSA) is 156 Å². The van der Waals surface area contributed by atoms with Crippen LogP contribution in [0.2, 0.25) is 0 Å². The Hall–Kier alpha value is -3.71. The number of aromatic nitrogens is 2. The highest BCUT2D eigenvalue weighted by molar-refractivity contribution is 7.93. The minimum atomic E-state index is -4.07. The van der Waals surface area contributed by atoms with Crippen LogP contribution in [0.4, 0.5) is 11.6 Å².